The molecule has 7 heteroatoms. The third kappa shape index (κ3) is 3.15. The molecular formula is C13H24N2O4S. The molecule has 2 saturated heterocycles. The lowest BCUT2D eigenvalue weighted by atomic mass is 10.0. The summed E-state index contributed by atoms with van der Waals surface area (Å²) in [5.41, 5.74) is 0. The first kappa shape index (κ1) is 15.7. The molecule has 2 heterocycles. The zero-order chi connectivity index (χ0) is 14.8. The van der Waals surface area contributed by atoms with Gasteiger partial charge in [0.15, 0.2) is 0 Å². The van der Waals surface area contributed by atoms with Gasteiger partial charge in [-0.2, -0.15) is 17.0 Å². The van der Waals surface area contributed by atoms with Crippen LogP contribution in [0.2, 0.25) is 0 Å². The highest BCUT2D eigenvalue weighted by Gasteiger charge is 2.42. The fourth-order valence-electron chi connectivity index (χ4n) is 3.23. The molecule has 116 valence electrons. The van der Waals surface area contributed by atoms with E-state index in [-0.39, 0.29) is 0 Å². The smallest absolute Gasteiger partial charge is 0.322 e. The summed E-state index contributed by atoms with van der Waals surface area (Å²) in [4.78, 5) is 11.3. The molecule has 2 fully saturated rings. The molecule has 1 N–H and O–H groups in total. The molecule has 0 aromatic heterocycles. The Bertz CT molecular complexity index is 451. The van der Waals surface area contributed by atoms with Crippen LogP contribution in [0.4, 0.5) is 0 Å². The number of carboxylic acid groups (broad SMARTS) is 1. The van der Waals surface area contributed by atoms with Crippen molar-refractivity contribution in [3.8, 4) is 0 Å². The Balaban J connectivity index is 2.11. The second-order valence-electron chi connectivity index (χ2n) is 5.77. The highest BCUT2D eigenvalue weighted by atomic mass is 32.2. The van der Waals surface area contributed by atoms with Gasteiger partial charge in [0.05, 0.1) is 0 Å². The molecule has 0 saturated carbocycles. The highest BCUT2D eigenvalue weighted by Crippen LogP contribution is 2.28. The molecule has 2 rings (SSSR count). The maximum Gasteiger partial charge on any atom is 0.322 e. The van der Waals surface area contributed by atoms with E-state index in [4.69, 9.17) is 0 Å². The lowest BCUT2D eigenvalue weighted by molar-refractivity contribution is -0.142. The number of hydrogen-bond donors (Lipinski definition) is 1. The van der Waals surface area contributed by atoms with E-state index in [0.717, 1.165) is 32.1 Å². The zero-order valence-electron chi connectivity index (χ0n) is 12.0. The van der Waals surface area contributed by atoms with Gasteiger partial charge < -0.3 is 5.11 Å². The second-order valence-corrected chi connectivity index (χ2v) is 7.65. The van der Waals surface area contributed by atoms with Crippen LogP contribution in [0.5, 0.6) is 0 Å². The first-order valence-corrected chi connectivity index (χ1v) is 8.86. The fourth-order valence-corrected chi connectivity index (χ4v) is 5.14. The number of nitrogens with zero attached hydrogens (tertiary/aromatic N) is 2. The Morgan fingerprint density at radius 3 is 2.65 bits per heavy atom. The van der Waals surface area contributed by atoms with Crippen molar-refractivity contribution in [2.24, 2.45) is 5.92 Å². The van der Waals surface area contributed by atoms with E-state index in [2.05, 4.69) is 6.92 Å². The van der Waals surface area contributed by atoms with Gasteiger partial charge in [-0.05, 0) is 38.0 Å². The molecule has 6 nitrogen and oxygen atoms in total. The molecule has 2 unspecified atom stereocenters. The monoisotopic (exact) mass is 304 g/mol. The van der Waals surface area contributed by atoms with Crippen LogP contribution >= 0.6 is 0 Å². The van der Waals surface area contributed by atoms with E-state index in [1.165, 1.54) is 8.61 Å². The SMILES string of the molecule is CCCC1CCN(S(=O)(=O)N2CCCCC2C(=O)O)C1. The summed E-state index contributed by atoms with van der Waals surface area (Å²) in [5.74, 6) is -0.611. The van der Waals surface area contributed by atoms with Crippen LogP contribution in [0.25, 0.3) is 0 Å². The number of aliphatic carboxylic acids is 1. The van der Waals surface area contributed by atoms with Gasteiger partial charge in [0.25, 0.3) is 10.2 Å². The summed E-state index contributed by atoms with van der Waals surface area (Å²) in [6, 6.07) is -0.890. The van der Waals surface area contributed by atoms with Crippen LogP contribution < -0.4 is 0 Å². The van der Waals surface area contributed by atoms with E-state index in [9.17, 15) is 18.3 Å². The summed E-state index contributed by atoms with van der Waals surface area (Å²) < 4.78 is 28.0. The van der Waals surface area contributed by atoms with Crippen molar-refractivity contribution in [2.75, 3.05) is 19.6 Å². The zero-order valence-corrected chi connectivity index (χ0v) is 12.8. The van der Waals surface area contributed by atoms with Crippen LogP contribution in [0, 0.1) is 5.92 Å². The minimum absolute atomic E-state index is 0.328. The predicted molar refractivity (Wildman–Crippen MR) is 75.5 cm³/mol. The van der Waals surface area contributed by atoms with Gasteiger partial charge in [-0.1, -0.05) is 13.3 Å². The highest BCUT2D eigenvalue weighted by molar-refractivity contribution is 7.86. The molecule has 20 heavy (non-hydrogen) atoms. The van der Waals surface area contributed by atoms with Crippen molar-refractivity contribution in [1.29, 1.82) is 0 Å². The van der Waals surface area contributed by atoms with Gasteiger partial charge >= 0.3 is 5.97 Å². The number of hydrogen-bond acceptors (Lipinski definition) is 3. The van der Waals surface area contributed by atoms with E-state index in [0.29, 0.717) is 32.0 Å². The van der Waals surface area contributed by atoms with Crippen molar-refractivity contribution >= 4 is 16.2 Å². The van der Waals surface area contributed by atoms with Crippen molar-refractivity contribution in [1.82, 2.24) is 8.61 Å². The van der Waals surface area contributed by atoms with Crippen LogP contribution in [0.3, 0.4) is 0 Å². The Hall–Kier alpha value is -0.660. The number of carboxylic acids is 1. The molecule has 0 aromatic carbocycles. The number of carbonyl (C=O) groups is 1. The molecule has 2 aliphatic rings. The Morgan fingerprint density at radius 1 is 1.25 bits per heavy atom. The molecular weight excluding hydrogens is 280 g/mol. The standard InChI is InChI=1S/C13H24N2O4S/c1-2-5-11-7-9-14(10-11)20(18,19)15-8-4-3-6-12(15)13(16)17/h11-12H,2-10H2,1H3,(H,16,17). The van der Waals surface area contributed by atoms with Gasteiger partial charge in [0, 0.05) is 19.6 Å². The summed E-state index contributed by atoms with van der Waals surface area (Å²) in [6.07, 6.45) is 4.92. The van der Waals surface area contributed by atoms with Crippen LogP contribution in [-0.4, -0.2) is 53.8 Å². The van der Waals surface area contributed by atoms with Crippen molar-refractivity contribution in [2.45, 2.75) is 51.5 Å². The Kier molecular flexibility index (Phi) is 5.04. The van der Waals surface area contributed by atoms with E-state index < -0.39 is 22.2 Å². The number of piperidine rings is 1. The molecule has 0 bridgehead atoms. The van der Waals surface area contributed by atoms with Crippen LogP contribution in [0.15, 0.2) is 0 Å². The molecule has 0 spiro atoms. The molecule has 0 aliphatic carbocycles. The topological polar surface area (TPSA) is 77.9 Å². The Morgan fingerprint density at radius 2 is 2.00 bits per heavy atom. The van der Waals surface area contributed by atoms with Crippen molar-refractivity contribution in [3.05, 3.63) is 0 Å². The first-order valence-electron chi connectivity index (χ1n) is 7.46. The summed E-state index contributed by atoms with van der Waals surface area (Å²) in [5, 5.41) is 9.23. The summed E-state index contributed by atoms with van der Waals surface area (Å²) in [6.45, 7) is 3.49. The van der Waals surface area contributed by atoms with E-state index in [1.54, 1.807) is 0 Å². The quantitative estimate of drug-likeness (QED) is 0.830. The maximum absolute atomic E-state index is 12.6. The minimum Gasteiger partial charge on any atom is -0.480 e. The van der Waals surface area contributed by atoms with E-state index >= 15 is 0 Å². The number of rotatable bonds is 5. The predicted octanol–water partition coefficient (Wildman–Crippen LogP) is 1.29. The molecule has 0 radical (unpaired) electrons. The largest absolute Gasteiger partial charge is 0.480 e. The molecule has 2 atom stereocenters. The van der Waals surface area contributed by atoms with E-state index in [1.807, 2.05) is 0 Å². The maximum atomic E-state index is 12.6. The molecule has 0 aromatic rings. The molecule has 2 aliphatic heterocycles. The third-order valence-electron chi connectivity index (χ3n) is 4.31. The van der Waals surface area contributed by atoms with Gasteiger partial charge in [-0.15, -0.1) is 0 Å². The fraction of sp³-hybridized carbons (Fsp3) is 0.923. The van der Waals surface area contributed by atoms with Gasteiger partial charge in [-0.25, -0.2) is 0 Å². The molecule has 0 amide bonds. The first-order chi connectivity index (χ1) is 9.46. The lowest BCUT2D eigenvalue weighted by Crippen LogP contribution is -2.52. The van der Waals surface area contributed by atoms with Crippen LogP contribution in [-0.2, 0) is 15.0 Å². The summed E-state index contributed by atoms with van der Waals surface area (Å²) >= 11 is 0. The average molecular weight is 304 g/mol. The van der Waals surface area contributed by atoms with Gasteiger partial charge in [0.1, 0.15) is 6.04 Å². The third-order valence-corrected chi connectivity index (χ3v) is 6.32. The Labute approximate surface area is 120 Å². The average Bonchev–Trinajstić information content (AvgIpc) is 2.88. The van der Waals surface area contributed by atoms with Crippen LogP contribution in [0.1, 0.15) is 45.4 Å². The van der Waals surface area contributed by atoms with Gasteiger partial charge in [-0.3, -0.25) is 4.79 Å². The second kappa shape index (κ2) is 6.41. The minimum atomic E-state index is -3.62. The normalized spacial score (nSPS) is 29.6. The summed E-state index contributed by atoms with van der Waals surface area (Å²) in [7, 11) is -3.62. The van der Waals surface area contributed by atoms with Gasteiger partial charge in [0.2, 0.25) is 0 Å². The van der Waals surface area contributed by atoms with Crippen molar-refractivity contribution < 1.29 is 18.3 Å². The van der Waals surface area contributed by atoms with Crippen molar-refractivity contribution in [3.63, 3.8) is 0 Å². The lowest BCUT2D eigenvalue weighted by Gasteiger charge is -2.34.